The zero-order valence-electron chi connectivity index (χ0n) is 24.8. The number of fused-ring (bicyclic) bond motifs is 3. The van der Waals surface area contributed by atoms with Gasteiger partial charge in [-0.05, 0) is 67.0 Å². The van der Waals surface area contributed by atoms with E-state index in [-0.39, 0.29) is 36.3 Å². The van der Waals surface area contributed by atoms with E-state index in [0.717, 1.165) is 5.56 Å². The number of allylic oxidation sites excluding steroid dienone is 1. The summed E-state index contributed by atoms with van der Waals surface area (Å²) >= 11 is 0. The number of benzene rings is 3. The maximum absolute atomic E-state index is 12.6. The molecule has 0 bridgehead atoms. The summed E-state index contributed by atoms with van der Waals surface area (Å²) in [6, 6.07) is 14.9. The van der Waals surface area contributed by atoms with Gasteiger partial charge in [0, 0.05) is 19.2 Å². The SMILES string of the molecule is COc1cc(COc2ccc3nc4ccc(=O)cc-4oc3c2)ccc1OC/C=C/C1=C(C(=O)N(C)O)N2C(=O)[C@H]([C@@H](C)O)[C@H]2C1. The number of carbonyl (C=O) groups excluding carboxylic acids is 2. The van der Waals surface area contributed by atoms with Crippen LogP contribution in [0.1, 0.15) is 18.9 Å². The molecule has 1 fully saturated rings. The smallest absolute Gasteiger partial charge is 0.293 e. The van der Waals surface area contributed by atoms with Gasteiger partial charge in [-0.3, -0.25) is 19.6 Å². The molecule has 0 spiro atoms. The van der Waals surface area contributed by atoms with Crippen molar-refractivity contribution in [2.45, 2.75) is 32.1 Å². The summed E-state index contributed by atoms with van der Waals surface area (Å²) in [6.07, 6.45) is 2.95. The normalized spacial score (nSPS) is 18.3. The molecule has 1 aliphatic carbocycles. The van der Waals surface area contributed by atoms with Crippen molar-refractivity contribution in [2.24, 2.45) is 5.92 Å². The molecular weight excluding hydrogens is 582 g/mol. The quantitative estimate of drug-likeness (QED) is 0.118. The van der Waals surface area contributed by atoms with E-state index >= 15 is 0 Å². The van der Waals surface area contributed by atoms with Crippen LogP contribution in [0.25, 0.3) is 22.6 Å². The highest BCUT2D eigenvalue weighted by Crippen LogP contribution is 2.44. The minimum atomic E-state index is -0.843. The van der Waals surface area contributed by atoms with Crippen molar-refractivity contribution in [3.05, 3.63) is 93.8 Å². The molecule has 2 aromatic carbocycles. The predicted molar refractivity (Wildman–Crippen MR) is 161 cm³/mol. The van der Waals surface area contributed by atoms with Gasteiger partial charge in [-0.25, -0.2) is 10.0 Å². The lowest BCUT2D eigenvalue weighted by molar-refractivity contribution is -0.167. The third-order valence-electron chi connectivity index (χ3n) is 7.87. The fourth-order valence-electron chi connectivity index (χ4n) is 5.70. The standard InChI is InChI=1S/C33H31N3O9/c1-18(37)30-25-14-20(31(33(40)35(2)41)36(25)32(30)39)5-4-12-43-26-11-6-19(13-29(26)42-3)17-44-22-8-10-24-28(16-22)45-27-15-21(38)7-9-23(27)34-24/h4-11,13,15-16,18,25,30,37,41H,12,14,17H2,1-3H3/b5-4+/t18-,25-,30-/m1/s1. The van der Waals surface area contributed by atoms with Crippen molar-refractivity contribution in [1.29, 1.82) is 0 Å². The molecule has 3 heterocycles. The second kappa shape index (κ2) is 12.1. The minimum Gasteiger partial charge on any atom is -0.493 e. The van der Waals surface area contributed by atoms with Crippen LogP contribution in [0.4, 0.5) is 0 Å². The maximum Gasteiger partial charge on any atom is 0.293 e. The second-order valence-electron chi connectivity index (χ2n) is 10.9. The fourth-order valence-corrected chi connectivity index (χ4v) is 5.70. The summed E-state index contributed by atoms with van der Waals surface area (Å²) in [6.45, 7) is 1.93. The Morgan fingerprint density at radius 2 is 1.96 bits per heavy atom. The lowest BCUT2D eigenvalue weighted by Gasteiger charge is -2.45. The Kier molecular flexibility index (Phi) is 8.00. The molecule has 2 N–H and O–H groups in total. The van der Waals surface area contributed by atoms with Gasteiger partial charge in [0.15, 0.2) is 28.3 Å². The van der Waals surface area contributed by atoms with Crippen LogP contribution in [0.3, 0.4) is 0 Å². The molecule has 3 atom stereocenters. The monoisotopic (exact) mass is 613 g/mol. The fraction of sp³-hybridized carbons (Fsp3) is 0.273. The Hall–Kier alpha value is -5.20. The molecule has 0 radical (unpaired) electrons. The van der Waals surface area contributed by atoms with E-state index in [1.165, 1.54) is 31.2 Å². The Bertz CT molecular complexity index is 1880. The first-order chi connectivity index (χ1) is 21.6. The Balaban J connectivity index is 1.11. The van der Waals surface area contributed by atoms with Crippen LogP contribution in [0, 0.1) is 5.92 Å². The summed E-state index contributed by atoms with van der Waals surface area (Å²) in [5.74, 6) is 0.324. The summed E-state index contributed by atoms with van der Waals surface area (Å²) in [5, 5.41) is 20.2. The number of aromatic nitrogens is 1. The third-order valence-corrected chi connectivity index (χ3v) is 7.87. The lowest BCUT2D eigenvalue weighted by Crippen LogP contribution is -2.62. The molecule has 0 saturated carbocycles. The highest BCUT2D eigenvalue weighted by molar-refractivity contribution is 6.02. The number of methoxy groups -OCH3 is 1. The van der Waals surface area contributed by atoms with E-state index in [2.05, 4.69) is 4.98 Å². The molecule has 0 unspecified atom stereocenters. The van der Waals surface area contributed by atoms with Crippen molar-refractivity contribution in [3.63, 3.8) is 0 Å². The Morgan fingerprint density at radius 1 is 1.13 bits per heavy atom. The molecule has 0 aromatic heterocycles. The van der Waals surface area contributed by atoms with Gasteiger partial charge in [0.25, 0.3) is 5.91 Å². The topological polar surface area (TPSA) is 152 Å². The molecule has 2 aromatic rings. The molecule has 3 aliphatic heterocycles. The average Bonchev–Trinajstić information content (AvgIpc) is 3.34. The van der Waals surface area contributed by atoms with Crippen molar-refractivity contribution in [3.8, 4) is 28.7 Å². The van der Waals surface area contributed by atoms with E-state index < -0.39 is 17.9 Å². The molecule has 12 nitrogen and oxygen atoms in total. The molecule has 232 valence electrons. The van der Waals surface area contributed by atoms with Crippen molar-refractivity contribution < 1.29 is 38.5 Å². The van der Waals surface area contributed by atoms with Crippen LogP contribution < -0.4 is 19.6 Å². The number of nitrogens with zero attached hydrogens (tertiary/aromatic N) is 3. The van der Waals surface area contributed by atoms with Crippen molar-refractivity contribution in [2.75, 3.05) is 20.8 Å². The van der Waals surface area contributed by atoms with Gasteiger partial charge in [0.2, 0.25) is 5.91 Å². The predicted octanol–water partition coefficient (Wildman–Crippen LogP) is 3.53. The lowest BCUT2D eigenvalue weighted by atomic mass is 9.83. The number of hydrogen-bond acceptors (Lipinski definition) is 10. The molecular formula is C33H31N3O9. The first kappa shape index (κ1) is 29.9. The number of carbonyl (C=O) groups is 2. The van der Waals surface area contributed by atoms with Gasteiger partial charge >= 0.3 is 0 Å². The molecule has 2 amide bonds. The second-order valence-corrected chi connectivity index (χ2v) is 10.9. The van der Waals surface area contributed by atoms with Crippen LogP contribution in [0.15, 0.2) is 87.2 Å². The largest absolute Gasteiger partial charge is 0.493 e. The van der Waals surface area contributed by atoms with Gasteiger partial charge < -0.3 is 28.6 Å². The van der Waals surface area contributed by atoms with Crippen LogP contribution in [0.5, 0.6) is 17.2 Å². The number of β-lactam (4-membered cyclic amide) rings is 1. The van der Waals surface area contributed by atoms with E-state index in [4.69, 9.17) is 18.6 Å². The van der Waals surface area contributed by atoms with Crippen molar-refractivity contribution in [1.82, 2.24) is 14.9 Å². The Labute approximate surface area is 257 Å². The molecule has 1 saturated heterocycles. The first-order valence-electron chi connectivity index (χ1n) is 14.3. The van der Waals surface area contributed by atoms with E-state index in [9.17, 15) is 24.7 Å². The highest BCUT2D eigenvalue weighted by atomic mass is 16.5. The number of aliphatic hydroxyl groups is 1. The minimum absolute atomic E-state index is 0.103. The number of rotatable bonds is 10. The zero-order valence-corrected chi connectivity index (χ0v) is 24.8. The molecule has 4 aliphatic rings. The van der Waals surface area contributed by atoms with Gasteiger partial charge in [0.1, 0.15) is 35.9 Å². The van der Waals surface area contributed by atoms with Crippen LogP contribution in [-0.4, -0.2) is 70.0 Å². The van der Waals surface area contributed by atoms with E-state index in [1.54, 1.807) is 55.5 Å². The number of hydrogen-bond donors (Lipinski definition) is 2. The highest BCUT2D eigenvalue weighted by Gasteiger charge is 2.56. The number of ether oxygens (including phenoxy) is 3. The summed E-state index contributed by atoms with van der Waals surface area (Å²) in [7, 11) is 2.73. The van der Waals surface area contributed by atoms with E-state index in [1.807, 2.05) is 6.07 Å². The first-order valence-corrected chi connectivity index (χ1v) is 14.3. The van der Waals surface area contributed by atoms with E-state index in [0.29, 0.717) is 56.9 Å². The summed E-state index contributed by atoms with van der Waals surface area (Å²) in [4.78, 5) is 42.8. The third kappa shape index (κ3) is 5.73. The number of aliphatic hydroxyl groups excluding tert-OH is 1. The number of hydroxylamine groups is 2. The molecule has 6 rings (SSSR count). The number of likely N-dealkylation sites (N-methyl/N-ethyl adjacent to an activating group) is 1. The van der Waals surface area contributed by atoms with Gasteiger partial charge in [-0.1, -0.05) is 12.1 Å². The Morgan fingerprint density at radius 3 is 2.71 bits per heavy atom. The summed E-state index contributed by atoms with van der Waals surface area (Å²) < 4.78 is 23.3. The molecule has 45 heavy (non-hydrogen) atoms. The zero-order chi connectivity index (χ0) is 31.8. The van der Waals surface area contributed by atoms with Gasteiger partial charge in [0.05, 0.1) is 25.2 Å². The van der Waals surface area contributed by atoms with Crippen LogP contribution in [-0.2, 0) is 16.2 Å². The molecule has 12 heteroatoms. The van der Waals surface area contributed by atoms with Crippen molar-refractivity contribution >= 4 is 22.9 Å². The summed E-state index contributed by atoms with van der Waals surface area (Å²) in [5.41, 5.74) is 3.08. The number of amides is 2. The van der Waals surface area contributed by atoms with Crippen LogP contribution in [0.2, 0.25) is 0 Å². The van der Waals surface area contributed by atoms with Crippen LogP contribution >= 0.6 is 0 Å². The van der Waals surface area contributed by atoms with Gasteiger partial charge in [-0.2, -0.15) is 0 Å². The van der Waals surface area contributed by atoms with Gasteiger partial charge in [-0.15, -0.1) is 0 Å². The maximum atomic E-state index is 12.6. The average molecular weight is 614 g/mol.